The molecule has 32 heavy (non-hydrogen) atoms. The fraction of sp³-hybridized carbons (Fsp3) is 0.960. The lowest BCUT2D eigenvalue weighted by Crippen LogP contribution is -2.86. The number of ether oxygens (including phenoxy) is 1. The van der Waals surface area contributed by atoms with Crippen molar-refractivity contribution >= 4 is 69.7 Å². The fourth-order valence-electron chi connectivity index (χ4n) is 4.47. The molecule has 0 radical (unpaired) electrons. The van der Waals surface area contributed by atoms with Gasteiger partial charge in [-0.3, -0.25) is 4.79 Å². The van der Waals surface area contributed by atoms with E-state index in [0.29, 0.717) is 31.6 Å². The smallest absolute Gasteiger partial charge is 0.306 e. The maximum absolute atomic E-state index is 12.3. The Kier molecular flexibility index (Phi) is 17.4. The van der Waals surface area contributed by atoms with Gasteiger partial charge in [-0.25, -0.2) is 0 Å². The van der Waals surface area contributed by atoms with Crippen LogP contribution in [0.15, 0.2) is 0 Å². The summed E-state index contributed by atoms with van der Waals surface area (Å²) in [5.41, 5.74) is -0.323. The lowest BCUT2D eigenvalue weighted by Gasteiger charge is -2.35. The molecule has 190 valence electrons. The lowest BCUT2D eigenvalue weighted by molar-refractivity contribution is -0.665. The van der Waals surface area contributed by atoms with E-state index in [-0.39, 0.29) is 11.6 Å². The van der Waals surface area contributed by atoms with Crippen molar-refractivity contribution in [1.29, 1.82) is 0 Å². The van der Waals surface area contributed by atoms with Crippen LogP contribution < -0.4 is 5.32 Å². The third kappa shape index (κ3) is 13.4. The summed E-state index contributed by atoms with van der Waals surface area (Å²) in [5.74, 6) is 0.481. The zero-order chi connectivity index (χ0) is 24.0. The second kappa shape index (κ2) is 17.7. The van der Waals surface area contributed by atoms with Crippen LogP contribution in [0.1, 0.15) is 104 Å². The summed E-state index contributed by atoms with van der Waals surface area (Å²) in [5, 5.41) is 2.36. The maximum atomic E-state index is 12.3. The monoisotopic (exact) mass is 708 g/mol. The van der Waals surface area contributed by atoms with Crippen LogP contribution in [0.3, 0.4) is 0 Å². The van der Waals surface area contributed by atoms with Gasteiger partial charge in [-0.05, 0) is 39.5 Å². The number of halogens is 4. The molecule has 0 aromatic rings. The summed E-state index contributed by atoms with van der Waals surface area (Å²) >= 11 is 15.5. The summed E-state index contributed by atoms with van der Waals surface area (Å²) in [6.07, 6.45) is 14.6. The second-order valence-corrected chi connectivity index (χ2v) is 14.7. The van der Waals surface area contributed by atoms with Crippen LogP contribution in [0.2, 0.25) is 0 Å². The minimum Gasteiger partial charge on any atom is -0.459 e. The van der Waals surface area contributed by atoms with Crippen molar-refractivity contribution < 1.29 is 14.8 Å². The minimum absolute atomic E-state index is 0.0185. The number of hydrogen-bond donors (Lipinski definition) is 1. The summed E-state index contributed by atoms with van der Waals surface area (Å²) < 4.78 is 5.87. The molecule has 7 heteroatoms. The Balaban J connectivity index is 2.12. The molecule has 0 aliphatic carbocycles. The van der Waals surface area contributed by atoms with E-state index in [1.54, 1.807) is 0 Å². The molecule has 0 spiro atoms. The summed E-state index contributed by atoms with van der Waals surface area (Å²) in [6, 6.07) is 0. The SMILES string of the molecule is CCCCCC(Br)C(Br)CC(Br)C(Br)CCCCCCC(=O)OC(C)(C)C1CC[NH2+]CC1. The van der Waals surface area contributed by atoms with Gasteiger partial charge in [-0.15, -0.1) is 0 Å². The standard InChI is InChI=1S/C25H45Br4NO2/c1-4-5-8-11-20(26)22(28)18-23(29)21(27)12-9-6-7-10-13-24(31)32-25(2,3)19-14-16-30-17-15-19/h19-23,30H,4-18H2,1-3H3/p+1. The first-order valence-electron chi connectivity index (χ1n) is 12.8. The minimum atomic E-state index is -0.323. The van der Waals surface area contributed by atoms with Gasteiger partial charge in [0.1, 0.15) is 5.60 Å². The van der Waals surface area contributed by atoms with Crippen molar-refractivity contribution in [2.24, 2.45) is 5.92 Å². The highest BCUT2D eigenvalue weighted by molar-refractivity contribution is 9.13. The number of esters is 1. The van der Waals surface area contributed by atoms with Crippen LogP contribution in [0.5, 0.6) is 0 Å². The van der Waals surface area contributed by atoms with Crippen LogP contribution in [-0.4, -0.2) is 44.0 Å². The summed E-state index contributed by atoms with van der Waals surface area (Å²) in [6.45, 7) is 8.74. The van der Waals surface area contributed by atoms with Gasteiger partial charge in [0.05, 0.1) is 13.1 Å². The molecule has 1 rings (SSSR count). The van der Waals surface area contributed by atoms with Crippen molar-refractivity contribution in [3.8, 4) is 0 Å². The Hall–Kier alpha value is 1.35. The van der Waals surface area contributed by atoms with Crippen LogP contribution in [-0.2, 0) is 9.53 Å². The van der Waals surface area contributed by atoms with Gasteiger partial charge in [-0.1, -0.05) is 109 Å². The normalized spacial score (nSPS) is 19.3. The highest BCUT2D eigenvalue weighted by atomic mass is 79.9. The number of carbonyl (C=O) groups excluding carboxylic acids is 1. The third-order valence-electron chi connectivity index (χ3n) is 6.73. The van der Waals surface area contributed by atoms with E-state index in [9.17, 15) is 4.79 Å². The van der Waals surface area contributed by atoms with Crippen LogP contribution in [0.25, 0.3) is 0 Å². The molecule has 1 heterocycles. The highest BCUT2D eigenvalue weighted by Gasteiger charge is 2.35. The first kappa shape index (κ1) is 31.4. The van der Waals surface area contributed by atoms with Gasteiger partial charge < -0.3 is 10.1 Å². The van der Waals surface area contributed by atoms with E-state index >= 15 is 0 Å². The van der Waals surface area contributed by atoms with Gasteiger partial charge >= 0.3 is 5.97 Å². The zero-order valence-corrected chi connectivity index (χ0v) is 26.7. The van der Waals surface area contributed by atoms with E-state index < -0.39 is 0 Å². The van der Waals surface area contributed by atoms with Crippen molar-refractivity contribution in [2.75, 3.05) is 13.1 Å². The van der Waals surface area contributed by atoms with Gasteiger partial charge in [0.25, 0.3) is 0 Å². The second-order valence-electron chi connectivity index (χ2n) is 9.97. The van der Waals surface area contributed by atoms with E-state index in [1.807, 2.05) is 0 Å². The largest absolute Gasteiger partial charge is 0.459 e. The molecule has 4 unspecified atom stereocenters. The van der Waals surface area contributed by atoms with Crippen LogP contribution >= 0.6 is 63.7 Å². The zero-order valence-electron chi connectivity index (χ0n) is 20.4. The molecular formula is C25H46Br4NO2+. The first-order chi connectivity index (χ1) is 15.2. The van der Waals surface area contributed by atoms with Crippen molar-refractivity contribution in [2.45, 2.75) is 129 Å². The molecule has 3 nitrogen and oxygen atoms in total. The van der Waals surface area contributed by atoms with E-state index in [0.717, 1.165) is 51.6 Å². The number of nitrogens with two attached hydrogens (primary N) is 1. The Bertz CT molecular complexity index is 500. The van der Waals surface area contributed by atoms with E-state index in [4.69, 9.17) is 4.74 Å². The molecule has 4 atom stereocenters. The molecule has 0 aromatic heterocycles. The predicted octanol–water partition coefficient (Wildman–Crippen LogP) is 7.65. The number of unbranched alkanes of at least 4 members (excludes halogenated alkanes) is 5. The predicted molar refractivity (Wildman–Crippen MR) is 152 cm³/mol. The Morgan fingerprint density at radius 2 is 1.41 bits per heavy atom. The Labute approximate surface area is 231 Å². The van der Waals surface area contributed by atoms with E-state index in [2.05, 4.69) is 89.8 Å². The molecule has 1 fully saturated rings. The Morgan fingerprint density at radius 1 is 0.875 bits per heavy atom. The number of quaternary nitrogens is 1. The average Bonchev–Trinajstić information content (AvgIpc) is 2.76. The molecule has 0 bridgehead atoms. The van der Waals surface area contributed by atoms with Crippen LogP contribution in [0.4, 0.5) is 0 Å². The Morgan fingerprint density at radius 3 is 1.97 bits per heavy atom. The highest BCUT2D eigenvalue weighted by Crippen LogP contribution is 2.31. The van der Waals surface area contributed by atoms with Crippen molar-refractivity contribution in [3.63, 3.8) is 0 Å². The van der Waals surface area contributed by atoms with Crippen LogP contribution in [0, 0.1) is 5.92 Å². The molecule has 0 saturated carbocycles. The van der Waals surface area contributed by atoms with Gasteiger partial charge in [0, 0.05) is 44.5 Å². The molecule has 1 aliphatic heterocycles. The lowest BCUT2D eigenvalue weighted by atomic mass is 9.83. The number of alkyl halides is 4. The molecule has 0 amide bonds. The van der Waals surface area contributed by atoms with Gasteiger partial charge in [0.15, 0.2) is 0 Å². The summed E-state index contributed by atoms with van der Waals surface area (Å²) in [7, 11) is 0. The van der Waals surface area contributed by atoms with E-state index in [1.165, 1.54) is 38.5 Å². The van der Waals surface area contributed by atoms with Crippen molar-refractivity contribution in [1.82, 2.24) is 0 Å². The molecular weight excluding hydrogens is 666 g/mol. The van der Waals surface area contributed by atoms with Gasteiger partial charge in [0.2, 0.25) is 0 Å². The van der Waals surface area contributed by atoms with Gasteiger partial charge in [-0.2, -0.15) is 0 Å². The van der Waals surface area contributed by atoms with Crippen molar-refractivity contribution in [3.05, 3.63) is 0 Å². The topological polar surface area (TPSA) is 42.9 Å². The number of piperidine rings is 1. The number of carbonyl (C=O) groups is 1. The average molecular weight is 712 g/mol. The molecule has 1 aliphatic rings. The number of hydrogen-bond acceptors (Lipinski definition) is 2. The molecule has 0 aromatic carbocycles. The fourth-order valence-corrected chi connectivity index (χ4v) is 7.39. The molecule has 2 N–H and O–H groups in total. The quantitative estimate of drug-likeness (QED) is 0.0958. The number of rotatable bonds is 17. The molecule has 1 saturated heterocycles. The maximum Gasteiger partial charge on any atom is 0.306 e. The first-order valence-corrected chi connectivity index (χ1v) is 16.4. The third-order valence-corrected chi connectivity index (χ3v) is 12.4. The summed E-state index contributed by atoms with van der Waals surface area (Å²) in [4.78, 5) is 14.3.